The Labute approximate surface area is 161 Å². The highest BCUT2D eigenvalue weighted by Gasteiger charge is 2.37. The lowest BCUT2D eigenvalue weighted by molar-refractivity contribution is -0.136. The third kappa shape index (κ3) is 4.07. The molecule has 1 aromatic carbocycles. The lowest BCUT2D eigenvalue weighted by atomic mass is 9.93. The second-order valence-electron chi connectivity index (χ2n) is 6.47. The van der Waals surface area contributed by atoms with Crippen molar-refractivity contribution < 1.29 is 14.7 Å². The fourth-order valence-electron chi connectivity index (χ4n) is 3.62. The smallest absolute Gasteiger partial charge is 0.309 e. The van der Waals surface area contributed by atoms with Crippen molar-refractivity contribution in [3.8, 4) is 0 Å². The molecule has 0 aliphatic heterocycles. The van der Waals surface area contributed by atoms with Gasteiger partial charge in [-0.3, -0.25) is 14.5 Å². The van der Waals surface area contributed by atoms with E-state index < -0.39 is 5.97 Å². The van der Waals surface area contributed by atoms with Gasteiger partial charge in [0.2, 0.25) is 5.91 Å². The number of nitrogens with zero attached hydrogens (tertiary/aromatic N) is 2. The Morgan fingerprint density at radius 1 is 1.38 bits per heavy atom. The van der Waals surface area contributed by atoms with Gasteiger partial charge in [0.05, 0.1) is 12.1 Å². The minimum Gasteiger partial charge on any atom is -0.481 e. The Balaban J connectivity index is 1.93. The van der Waals surface area contributed by atoms with Crippen molar-refractivity contribution in [3.05, 3.63) is 45.9 Å². The molecule has 1 aliphatic rings. The molecule has 138 valence electrons. The molecule has 0 bridgehead atoms. The van der Waals surface area contributed by atoms with Gasteiger partial charge < -0.3 is 5.11 Å². The normalized spacial score (nSPS) is 19.5. The molecule has 1 heterocycles. The summed E-state index contributed by atoms with van der Waals surface area (Å²) in [4.78, 5) is 29.9. The summed E-state index contributed by atoms with van der Waals surface area (Å²) >= 11 is 7.50. The number of aromatic nitrogens is 1. The van der Waals surface area contributed by atoms with Crippen LogP contribution >= 0.6 is 22.9 Å². The summed E-state index contributed by atoms with van der Waals surface area (Å²) in [6.45, 7) is 1.84. The molecule has 0 radical (unpaired) electrons. The molecule has 2 aromatic rings. The topological polar surface area (TPSA) is 70.5 Å². The van der Waals surface area contributed by atoms with Crippen LogP contribution in [-0.2, 0) is 16.0 Å². The van der Waals surface area contributed by atoms with E-state index in [4.69, 9.17) is 16.7 Å². The molecule has 1 aromatic heterocycles. The molecule has 1 N–H and O–H groups in total. The van der Waals surface area contributed by atoms with Gasteiger partial charge in [0.15, 0.2) is 5.13 Å². The van der Waals surface area contributed by atoms with E-state index >= 15 is 0 Å². The predicted molar refractivity (Wildman–Crippen MR) is 103 cm³/mol. The Hall–Kier alpha value is -1.92. The van der Waals surface area contributed by atoms with E-state index in [1.165, 1.54) is 11.3 Å². The number of carbonyl (C=O) groups excluding carboxylic acids is 1. The van der Waals surface area contributed by atoms with Crippen LogP contribution in [-0.4, -0.2) is 28.0 Å². The summed E-state index contributed by atoms with van der Waals surface area (Å²) in [6, 6.07) is 7.83. The third-order valence-electron chi connectivity index (χ3n) is 4.74. The van der Waals surface area contributed by atoms with Gasteiger partial charge in [-0.25, -0.2) is 4.98 Å². The van der Waals surface area contributed by atoms with Gasteiger partial charge in [0.25, 0.3) is 0 Å². The molecule has 0 saturated heterocycles. The number of halogens is 1. The fraction of sp³-hybridized carbons (Fsp3) is 0.421. The van der Waals surface area contributed by atoms with Gasteiger partial charge >= 0.3 is 5.97 Å². The van der Waals surface area contributed by atoms with Gasteiger partial charge in [0.1, 0.15) is 0 Å². The fourth-order valence-corrected chi connectivity index (χ4v) is 4.72. The number of hydrogen-bond donors (Lipinski definition) is 1. The first-order valence-corrected chi connectivity index (χ1v) is 9.99. The third-order valence-corrected chi connectivity index (χ3v) is 5.86. The van der Waals surface area contributed by atoms with Crippen molar-refractivity contribution in [3.63, 3.8) is 0 Å². The number of carbonyl (C=O) groups is 2. The maximum atomic E-state index is 12.7. The van der Waals surface area contributed by atoms with Crippen LogP contribution in [0, 0.1) is 0 Å². The lowest BCUT2D eigenvalue weighted by Gasteiger charge is -2.31. The summed E-state index contributed by atoms with van der Waals surface area (Å²) in [7, 11) is 0. The summed E-state index contributed by atoms with van der Waals surface area (Å²) in [5.41, 5.74) is 1.62. The molecule has 1 saturated carbocycles. The second-order valence-corrected chi connectivity index (χ2v) is 7.74. The van der Waals surface area contributed by atoms with Crippen molar-refractivity contribution in [2.45, 2.75) is 51.0 Å². The van der Waals surface area contributed by atoms with E-state index in [1.807, 2.05) is 25.1 Å². The number of benzene rings is 1. The number of anilines is 1. The highest BCUT2D eigenvalue weighted by molar-refractivity contribution is 7.14. The van der Waals surface area contributed by atoms with E-state index in [2.05, 4.69) is 11.1 Å². The summed E-state index contributed by atoms with van der Waals surface area (Å²) < 4.78 is 0. The molecule has 3 rings (SSSR count). The van der Waals surface area contributed by atoms with Gasteiger partial charge in [-0.05, 0) is 30.5 Å². The zero-order valence-electron chi connectivity index (χ0n) is 14.5. The molecule has 1 fully saturated rings. The average molecular weight is 393 g/mol. The summed E-state index contributed by atoms with van der Waals surface area (Å²) in [5.74, 6) is -0.705. The van der Waals surface area contributed by atoms with Crippen LogP contribution in [0.1, 0.15) is 49.8 Å². The molecular formula is C19H21ClN2O3S. The van der Waals surface area contributed by atoms with E-state index in [0.29, 0.717) is 22.3 Å². The van der Waals surface area contributed by atoms with Crippen molar-refractivity contribution in [2.24, 2.45) is 0 Å². The van der Waals surface area contributed by atoms with E-state index in [0.717, 1.165) is 24.8 Å². The number of carboxylic acids is 1. The van der Waals surface area contributed by atoms with Gasteiger partial charge in [-0.1, -0.05) is 37.1 Å². The molecule has 0 spiro atoms. The molecular weight excluding hydrogens is 372 g/mol. The zero-order valence-corrected chi connectivity index (χ0v) is 16.1. The maximum Gasteiger partial charge on any atom is 0.309 e. The number of amides is 1. The van der Waals surface area contributed by atoms with Gasteiger partial charge in [-0.2, -0.15) is 0 Å². The van der Waals surface area contributed by atoms with Crippen LogP contribution in [0.15, 0.2) is 29.6 Å². The number of carboxylic acid groups (broad SMARTS) is 1. The number of aliphatic carboxylic acids is 1. The summed E-state index contributed by atoms with van der Waals surface area (Å²) in [6.07, 6.45) is 3.17. The van der Waals surface area contributed by atoms with Crippen LogP contribution in [0.25, 0.3) is 0 Å². The number of thiazole rings is 1. The van der Waals surface area contributed by atoms with Crippen LogP contribution in [0.3, 0.4) is 0 Å². The van der Waals surface area contributed by atoms with Gasteiger partial charge in [-0.15, -0.1) is 11.3 Å². The van der Waals surface area contributed by atoms with E-state index in [1.54, 1.807) is 10.3 Å². The largest absolute Gasteiger partial charge is 0.481 e. The highest BCUT2D eigenvalue weighted by atomic mass is 35.5. The molecule has 7 heteroatoms. The summed E-state index contributed by atoms with van der Waals surface area (Å²) in [5, 5.41) is 12.0. The number of hydrogen-bond acceptors (Lipinski definition) is 4. The van der Waals surface area contributed by atoms with Crippen molar-refractivity contribution >= 4 is 39.9 Å². The van der Waals surface area contributed by atoms with Crippen molar-refractivity contribution in [1.82, 2.24) is 4.98 Å². The van der Waals surface area contributed by atoms with Crippen LogP contribution < -0.4 is 4.90 Å². The standard InChI is InChI=1S/C19H21ClN2O3S/c1-2-17(23)22(19-21-14(11-26-19)10-18(24)25)16-8-4-7-15(16)12-5-3-6-13(20)9-12/h3,5-6,9,11,15-16H,2,4,7-8,10H2,1H3,(H,24,25). The van der Waals surface area contributed by atoms with Crippen LogP contribution in [0.5, 0.6) is 0 Å². The molecule has 26 heavy (non-hydrogen) atoms. The molecule has 5 nitrogen and oxygen atoms in total. The highest BCUT2D eigenvalue weighted by Crippen LogP contribution is 2.41. The molecule has 2 unspecified atom stereocenters. The van der Waals surface area contributed by atoms with Crippen molar-refractivity contribution in [2.75, 3.05) is 4.90 Å². The lowest BCUT2D eigenvalue weighted by Crippen LogP contribution is -2.41. The quantitative estimate of drug-likeness (QED) is 0.785. The first kappa shape index (κ1) is 18.9. The zero-order chi connectivity index (χ0) is 18.7. The van der Waals surface area contributed by atoms with E-state index in [-0.39, 0.29) is 24.3 Å². The minimum absolute atomic E-state index is 0.0140. The first-order chi connectivity index (χ1) is 12.5. The Morgan fingerprint density at radius 2 is 2.19 bits per heavy atom. The van der Waals surface area contributed by atoms with Crippen molar-refractivity contribution in [1.29, 1.82) is 0 Å². The minimum atomic E-state index is -0.923. The maximum absolute atomic E-state index is 12.7. The number of rotatable bonds is 6. The molecule has 1 aliphatic carbocycles. The Kier molecular flexibility index (Phi) is 5.94. The van der Waals surface area contributed by atoms with Crippen LogP contribution in [0.2, 0.25) is 5.02 Å². The monoisotopic (exact) mass is 392 g/mol. The average Bonchev–Trinajstić information content (AvgIpc) is 3.24. The molecule has 2 atom stereocenters. The predicted octanol–water partition coefficient (Wildman–Crippen LogP) is 4.50. The Morgan fingerprint density at radius 3 is 2.88 bits per heavy atom. The Bertz CT molecular complexity index is 808. The van der Waals surface area contributed by atoms with Crippen LogP contribution in [0.4, 0.5) is 5.13 Å². The second kappa shape index (κ2) is 8.18. The van der Waals surface area contributed by atoms with E-state index in [9.17, 15) is 9.59 Å². The SMILES string of the molecule is CCC(=O)N(c1nc(CC(=O)O)cs1)C1CCCC1c1cccc(Cl)c1. The van der Waals surface area contributed by atoms with Gasteiger partial charge in [0, 0.05) is 28.8 Å². The first-order valence-electron chi connectivity index (χ1n) is 8.73. The molecule has 1 amide bonds.